The summed E-state index contributed by atoms with van der Waals surface area (Å²) >= 11 is 0. The predicted molar refractivity (Wildman–Crippen MR) is 105 cm³/mol. The lowest BCUT2D eigenvalue weighted by molar-refractivity contribution is -0.130. The molecule has 0 saturated carbocycles. The fourth-order valence-electron chi connectivity index (χ4n) is 3.23. The maximum Gasteiger partial charge on any atom is 0.243 e. The first-order valence-electron chi connectivity index (χ1n) is 9.03. The second-order valence-electron chi connectivity index (χ2n) is 6.69. The van der Waals surface area contributed by atoms with Crippen LogP contribution < -0.4 is 4.72 Å². The van der Waals surface area contributed by atoms with E-state index >= 15 is 0 Å². The van der Waals surface area contributed by atoms with Crippen molar-refractivity contribution < 1.29 is 26.0 Å². The van der Waals surface area contributed by atoms with Crippen LogP contribution in [0.3, 0.4) is 0 Å². The maximum absolute atomic E-state index is 13.7. The minimum atomic E-state index is -4.16. The molecular formula is C19H21FN2O5S2. The zero-order valence-corrected chi connectivity index (χ0v) is 17.1. The maximum atomic E-state index is 13.7. The van der Waals surface area contributed by atoms with Crippen LogP contribution in [0.1, 0.15) is 12.8 Å². The van der Waals surface area contributed by atoms with E-state index in [1.165, 1.54) is 17.0 Å². The van der Waals surface area contributed by atoms with Crippen molar-refractivity contribution in [2.75, 3.05) is 19.6 Å². The van der Waals surface area contributed by atoms with Gasteiger partial charge in [0, 0.05) is 13.1 Å². The topological polar surface area (TPSA) is 101 Å². The van der Waals surface area contributed by atoms with Gasteiger partial charge in [-0.3, -0.25) is 4.79 Å². The van der Waals surface area contributed by atoms with Crippen LogP contribution >= 0.6 is 0 Å². The molecule has 0 aromatic heterocycles. The Labute approximate surface area is 169 Å². The minimum Gasteiger partial charge on any atom is -0.341 e. The van der Waals surface area contributed by atoms with Crippen molar-refractivity contribution in [3.63, 3.8) is 0 Å². The van der Waals surface area contributed by atoms with E-state index in [0.717, 1.165) is 12.1 Å². The summed E-state index contributed by atoms with van der Waals surface area (Å²) in [5.74, 6) is -1.39. The summed E-state index contributed by atoms with van der Waals surface area (Å²) < 4.78 is 65.5. The number of likely N-dealkylation sites (tertiary alicyclic amines) is 1. The molecule has 1 saturated heterocycles. The Balaban J connectivity index is 1.57. The van der Waals surface area contributed by atoms with Gasteiger partial charge in [0.1, 0.15) is 10.7 Å². The SMILES string of the molecule is O=C(CNS(=O)(=O)c1ccccc1F)N1CCC(S(=O)(=O)c2ccccc2)CC1. The number of hydrogen-bond acceptors (Lipinski definition) is 5. The van der Waals surface area contributed by atoms with Crippen molar-refractivity contribution in [2.45, 2.75) is 27.9 Å². The monoisotopic (exact) mass is 440 g/mol. The van der Waals surface area contributed by atoms with Gasteiger partial charge in [-0.1, -0.05) is 30.3 Å². The Morgan fingerprint density at radius 3 is 2.17 bits per heavy atom. The molecule has 7 nitrogen and oxygen atoms in total. The van der Waals surface area contributed by atoms with Crippen molar-refractivity contribution in [2.24, 2.45) is 0 Å². The molecule has 3 rings (SSSR count). The second-order valence-corrected chi connectivity index (χ2v) is 10.7. The Morgan fingerprint density at radius 1 is 0.966 bits per heavy atom. The van der Waals surface area contributed by atoms with E-state index in [9.17, 15) is 26.0 Å². The van der Waals surface area contributed by atoms with Crippen LogP contribution in [-0.4, -0.2) is 52.5 Å². The van der Waals surface area contributed by atoms with E-state index < -0.39 is 48.3 Å². The zero-order valence-electron chi connectivity index (χ0n) is 15.5. The van der Waals surface area contributed by atoms with E-state index in [1.807, 2.05) is 0 Å². The number of rotatable bonds is 6. The molecular weight excluding hydrogens is 419 g/mol. The third-order valence-electron chi connectivity index (χ3n) is 4.84. The van der Waals surface area contributed by atoms with E-state index in [-0.39, 0.29) is 30.8 Å². The fourth-order valence-corrected chi connectivity index (χ4v) is 6.03. The van der Waals surface area contributed by atoms with Crippen molar-refractivity contribution in [3.8, 4) is 0 Å². The lowest BCUT2D eigenvalue weighted by Gasteiger charge is -2.31. The number of amides is 1. The van der Waals surface area contributed by atoms with Crippen LogP contribution in [0.15, 0.2) is 64.4 Å². The highest BCUT2D eigenvalue weighted by Crippen LogP contribution is 2.24. The van der Waals surface area contributed by atoms with E-state index in [2.05, 4.69) is 4.72 Å². The predicted octanol–water partition coefficient (Wildman–Crippen LogP) is 1.57. The Morgan fingerprint density at radius 2 is 1.55 bits per heavy atom. The summed E-state index contributed by atoms with van der Waals surface area (Å²) in [6, 6.07) is 13.0. The van der Waals surface area contributed by atoms with E-state index in [1.54, 1.807) is 30.3 Å². The van der Waals surface area contributed by atoms with Crippen LogP contribution in [0, 0.1) is 5.82 Å². The first kappa shape index (κ1) is 21.4. The van der Waals surface area contributed by atoms with Crippen LogP contribution in [0.2, 0.25) is 0 Å². The number of carbonyl (C=O) groups excluding carboxylic acids is 1. The van der Waals surface area contributed by atoms with Gasteiger partial charge in [0.05, 0.1) is 16.7 Å². The Kier molecular flexibility index (Phi) is 6.35. The molecule has 2 aromatic rings. The molecule has 0 atom stereocenters. The number of nitrogens with one attached hydrogen (secondary N) is 1. The number of sulfone groups is 1. The number of benzene rings is 2. The van der Waals surface area contributed by atoms with Gasteiger partial charge in [-0.25, -0.2) is 25.9 Å². The van der Waals surface area contributed by atoms with Gasteiger partial charge in [0.2, 0.25) is 15.9 Å². The molecule has 156 valence electrons. The average molecular weight is 441 g/mol. The molecule has 0 spiro atoms. The first-order chi connectivity index (χ1) is 13.7. The number of nitrogens with zero attached hydrogens (tertiary/aromatic N) is 1. The molecule has 1 aliphatic rings. The molecule has 1 fully saturated rings. The van der Waals surface area contributed by atoms with Gasteiger partial charge < -0.3 is 4.90 Å². The zero-order chi connectivity index (χ0) is 21.1. The lowest BCUT2D eigenvalue weighted by Crippen LogP contribution is -2.46. The summed E-state index contributed by atoms with van der Waals surface area (Å²) in [5, 5.41) is -0.593. The highest BCUT2D eigenvalue weighted by molar-refractivity contribution is 7.92. The molecule has 2 aromatic carbocycles. The molecule has 1 aliphatic heterocycles. The van der Waals surface area contributed by atoms with Gasteiger partial charge >= 0.3 is 0 Å². The summed E-state index contributed by atoms with van der Waals surface area (Å²) in [4.78, 5) is 13.5. The Bertz CT molecular complexity index is 1080. The quantitative estimate of drug-likeness (QED) is 0.735. The lowest BCUT2D eigenvalue weighted by atomic mass is 10.1. The molecule has 1 amide bonds. The number of piperidine rings is 1. The van der Waals surface area contributed by atoms with Gasteiger partial charge in [0.25, 0.3) is 0 Å². The number of hydrogen-bond donors (Lipinski definition) is 1. The van der Waals surface area contributed by atoms with Crippen LogP contribution in [0.25, 0.3) is 0 Å². The normalized spacial score (nSPS) is 16.0. The summed E-state index contributed by atoms with van der Waals surface area (Å²) in [5.41, 5.74) is 0. The third kappa shape index (κ3) is 4.82. The molecule has 1 heterocycles. The standard InChI is InChI=1S/C19H21FN2O5S2/c20-17-8-4-5-9-18(17)29(26,27)21-14-19(23)22-12-10-16(11-13-22)28(24,25)15-6-2-1-3-7-15/h1-9,16,21H,10-14H2. The highest BCUT2D eigenvalue weighted by Gasteiger charge is 2.33. The van der Waals surface area contributed by atoms with Crippen molar-refractivity contribution in [3.05, 3.63) is 60.4 Å². The van der Waals surface area contributed by atoms with Crippen LogP contribution in [0.4, 0.5) is 4.39 Å². The molecule has 0 unspecified atom stereocenters. The number of sulfonamides is 1. The summed E-state index contributed by atoms with van der Waals surface area (Å²) in [7, 11) is -7.64. The largest absolute Gasteiger partial charge is 0.341 e. The fraction of sp³-hybridized carbons (Fsp3) is 0.316. The number of halogens is 1. The molecule has 1 N–H and O–H groups in total. The van der Waals surface area contributed by atoms with Gasteiger partial charge in [-0.2, -0.15) is 0 Å². The van der Waals surface area contributed by atoms with Crippen molar-refractivity contribution >= 4 is 25.8 Å². The smallest absolute Gasteiger partial charge is 0.243 e. The molecule has 0 bridgehead atoms. The van der Waals surface area contributed by atoms with Gasteiger partial charge in [0.15, 0.2) is 9.84 Å². The minimum absolute atomic E-state index is 0.205. The highest BCUT2D eigenvalue weighted by atomic mass is 32.2. The second kappa shape index (κ2) is 8.60. The van der Waals surface area contributed by atoms with E-state index in [0.29, 0.717) is 0 Å². The third-order valence-corrected chi connectivity index (χ3v) is 8.56. The molecule has 10 heteroatoms. The molecule has 0 aliphatic carbocycles. The summed E-state index contributed by atoms with van der Waals surface area (Å²) in [6.07, 6.45) is 0.534. The Hall–Kier alpha value is -2.30. The van der Waals surface area contributed by atoms with Gasteiger partial charge in [-0.05, 0) is 37.1 Å². The van der Waals surface area contributed by atoms with Crippen LogP contribution in [0.5, 0.6) is 0 Å². The first-order valence-corrected chi connectivity index (χ1v) is 12.1. The van der Waals surface area contributed by atoms with Crippen LogP contribution in [-0.2, 0) is 24.7 Å². The van der Waals surface area contributed by atoms with Gasteiger partial charge in [-0.15, -0.1) is 0 Å². The molecule has 0 radical (unpaired) electrons. The van der Waals surface area contributed by atoms with E-state index in [4.69, 9.17) is 0 Å². The average Bonchev–Trinajstić information content (AvgIpc) is 2.73. The molecule has 29 heavy (non-hydrogen) atoms. The number of carbonyl (C=O) groups is 1. The summed E-state index contributed by atoms with van der Waals surface area (Å²) in [6.45, 7) is -0.110. The van der Waals surface area contributed by atoms with Crippen molar-refractivity contribution in [1.82, 2.24) is 9.62 Å². The van der Waals surface area contributed by atoms with Crippen molar-refractivity contribution in [1.29, 1.82) is 0 Å².